The molecule has 0 unspecified atom stereocenters. The maximum absolute atomic E-state index is 12.2. The Morgan fingerprint density at radius 2 is 1.92 bits per heavy atom. The van der Waals surface area contributed by atoms with Gasteiger partial charge in [-0.1, -0.05) is 29.8 Å². The Morgan fingerprint density at radius 1 is 1.17 bits per heavy atom. The third-order valence-electron chi connectivity index (χ3n) is 3.86. The van der Waals surface area contributed by atoms with Crippen LogP contribution in [0.25, 0.3) is 0 Å². The smallest absolute Gasteiger partial charge is 0.220 e. The molecule has 0 bridgehead atoms. The first kappa shape index (κ1) is 18.1. The first-order chi connectivity index (χ1) is 11.5. The summed E-state index contributed by atoms with van der Waals surface area (Å²) < 4.78 is 10.6. The molecule has 0 aliphatic heterocycles. The van der Waals surface area contributed by atoms with Crippen LogP contribution < -0.4 is 14.8 Å². The van der Waals surface area contributed by atoms with Gasteiger partial charge in [0.25, 0.3) is 0 Å². The summed E-state index contributed by atoms with van der Waals surface area (Å²) >= 11 is 6.12. The van der Waals surface area contributed by atoms with Gasteiger partial charge in [0.15, 0.2) is 0 Å². The number of benzene rings is 2. The van der Waals surface area contributed by atoms with Gasteiger partial charge < -0.3 is 14.8 Å². The molecule has 1 amide bonds. The third-order valence-corrected chi connectivity index (χ3v) is 4.23. The normalized spacial score (nSPS) is 11.7. The standard InChI is InChI=1S/C19H22ClNO3/c1-13(16-12-15(23-2)9-10-18(16)24-3)21-19(22)11-8-14-6-4-5-7-17(14)20/h4-7,9-10,12-13H,8,11H2,1-3H3,(H,21,22)/t13-/m1/s1. The van der Waals surface area contributed by atoms with E-state index in [1.807, 2.05) is 49.4 Å². The Bertz CT molecular complexity index is 703. The van der Waals surface area contributed by atoms with Crippen LogP contribution in [0.2, 0.25) is 5.02 Å². The Labute approximate surface area is 147 Å². The molecular formula is C19H22ClNO3. The van der Waals surface area contributed by atoms with Crippen molar-refractivity contribution in [3.8, 4) is 11.5 Å². The lowest BCUT2D eigenvalue weighted by Gasteiger charge is -2.18. The highest BCUT2D eigenvalue weighted by Gasteiger charge is 2.15. The summed E-state index contributed by atoms with van der Waals surface area (Å²) in [5.74, 6) is 1.41. The molecule has 24 heavy (non-hydrogen) atoms. The number of carbonyl (C=O) groups excluding carboxylic acids is 1. The predicted octanol–water partition coefficient (Wildman–Crippen LogP) is 4.17. The van der Waals surface area contributed by atoms with Crippen LogP contribution in [0.15, 0.2) is 42.5 Å². The first-order valence-corrected chi connectivity index (χ1v) is 8.17. The van der Waals surface area contributed by atoms with E-state index < -0.39 is 0 Å². The zero-order valence-electron chi connectivity index (χ0n) is 14.1. The molecule has 0 aliphatic rings. The lowest BCUT2D eigenvalue weighted by atomic mass is 10.1. The van der Waals surface area contributed by atoms with Gasteiger partial charge >= 0.3 is 0 Å². The van der Waals surface area contributed by atoms with Gasteiger partial charge in [0.05, 0.1) is 20.3 Å². The highest BCUT2D eigenvalue weighted by atomic mass is 35.5. The summed E-state index contributed by atoms with van der Waals surface area (Å²) in [6.07, 6.45) is 0.980. The zero-order valence-corrected chi connectivity index (χ0v) is 14.9. The number of rotatable bonds is 7. The molecule has 2 aromatic carbocycles. The van der Waals surface area contributed by atoms with Crippen molar-refractivity contribution in [3.63, 3.8) is 0 Å². The van der Waals surface area contributed by atoms with E-state index in [2.05, 4.69) is 5.32 Å². The molecule has 0 fully saturated rings. The summed E-state index contributed by atoms with van der Waals surface area (Å²) in [6.45, 7) is 1.92. The fourth-order valence-corrected chi connectivity index (χ4v) is 2.75. The van der Waals surface area contributed by atoms with Crippen LogP contribution in [0.4, 0.5) is 0 Å². The third kappa shape index (κ3) is 4.65. The molecule has 0 saturated heterocycles. The minimum Gasteiger partial charge on any atom is -0.497 e. The number of carbonyl (C=O) groups is 1. The molecule has 0 spiro atoms. The predicted molar refractivity (Wildman–Crippen MR) is 95.9 cm³/mol. The lowest BCUT2D eigenvalue weighted by Crippen LogP contribution is -2.27. The summed E-state index contributed by atoms with van der Waals surface area (Å²) in [6, 6.07) is 12.9. The van der Waals surface area contributed by atoms with Crippen LogP contribution >= 0.6 is 11.6 Å². The van der Waals surface area contributed by atoms with Gasteiger partial charge in [-0.3, -0.25) is 4.79 Å². The number of hydrogen-bond donors (Lipinski definition) is 1. The monoisotopic (exact) mass is 347 g/mol. The molecule has 128 valence electrons. The van der Waals surface area contributed by atoms with Crippen molar-refractivity contribution in [2.45, 2.75) is 25.8 Å². The van der Waals surface area contributed by atoms with Crippen molar-refractivity contribution < 1.29 is 14.3 Å². The average molecular weight is 348 g/mol. The molecule has 1 atom stereocenters. The van der Waals surface area contributed by atoms with Crippen molar-refractivity contribution in [1.82, 2.24) is 5.32 Å². The molecule has 1 N–H and O–H groups in total. The van der Waals surface area contributed by atoms with Gasteiger partial charge in [0.1, 0.15) is 11.5 Å². The largest absolute Gasteiger partial charge is 0.497 e. The number of halogens is 1. The molecule has 0 aromatic heterocycles. The SMILES string of the molecule is COc1ccc(OC)c([C@@H](C)NC(=O)CCc2ccccc2Cl)c1. The Hall–Kier alpha value is -2.20. The topological polar surface area (TPSA) is 47.6 Å². The number of ether oxygens (including phenoxy) is 2. The van der Waals surface area contributed by atoms with E-state index in [1.165, 1.54) is 0 Å². The number of hydrogen-bond acceptors (Lipinski definition) is 3. The fourth-order valence-electron chi connectivity index (χ4n) is 2.52. The van der Waals surface area contributed by atoms with Crippen molar-refractivity contribution >= 4 is 17.5 Å². The van der Waals surface area contributed by atoms with Crippen molar-refractivity contribution in [2.75, 3.05) is 14.2 Å². The van der Waals surface area contributed by atoms with Crippen molar-refractivity contribution in [3.05, 3.63) is 58.6 Å². The lowest BCUT2D eigenvalue weighted by molar-refractivity contribution is -0.121. The van der Waals surface area contributed by atoms with Gasteiger partial charge in [-0.25, -0.2) is 0 Å². The summed E-state index contributed by atoms with van der Waals surface area (Å²) in [7, 11) is 3.22. The zero-order chi connectivity index (χ0) is 17.5. The minimum absolute atomic E-state index is 0.0349. The molecule has 5 heteroatoms. The van der Waals surface area contributed by atoms with Gasteiger partial charge in [-0.2, -0.15) is 0 Å². The van der Waals surface area contributed by atoms with Crippen LogP contribution in [0.1, 0.15) is 30.5 Å². The van der Waals surface area contributed by atoms with Gasteiger partial charge in [-0.15, -0.1) is 0 Å². The number of nitrogens with one attached hydrogen (secondary N) is 1. The second-order valence-corrected chi connectivity index (χ2v) is 5.90. The van der Waals surface area contributed by atoms with E-state index in [-0.39, 0.29) is 11.9 Å². The highest BCUT2D eigenvalue weighted by molar-refractivity contribution is 6.31. The number of amides is 1. The van der Waals surface area contributed by atoms with Crippen LogP contribution in [0, 0.1) is 0 Å². The molecule has 4 nitrogen and oxygen atoms in total. The first-order valence-electron chi connectivity index (χ1n) is 7.80. The maximum Gasteiger partial charge on any atom is 0.220 e. The van der Waals surface area contributed by atoms with Crippen LogP contribution in [0.5, 0.6) is 11.5 Å². The van der Waals surface area contributed by atoms with Crippen LogP contribution in [-0.4, -0.2) is 20.1 Å². The van der Waals surface area contributed by atoms with E-state index in [1.54, 1.807) is 14.2 Å². The molecule has 2 aromatic rings. The second kappa shape index (κ2) is 8.60. The molecule has 0 heterocycles. The highest BCUT2D eigenvalue weighted by Crippen LogP contribution is 2.29. The van der Waals surface area contributed by atoms with Gasteiger partial charge in [0, 0.05) is 17.0 Å². The van der Waals surface area contributed by atoms with E-state index in [9.17, 15) is 4.79 Å². The van der Waals surface area contributed by atoms with Crippen LogP contribution in [0.3, 0.4) is 0 Å². The van der Waals surface area contributed by atoms with E-state index >= 15 is 0 Å². The van der Waals surface area contributed by atoms with Crippen molar-refractivity contribution in [1.29, 1.82) is 0 Å². The molecule has 2 rings (SSSR count). The Balaban J connectivity index is 2.00. The van der Waals surface area contributed by atoms with Crippen molar-refractivity contribution in [2.24, 2.45) is 0 Å². The maximum atomic E-state index is 12.2. The molecular weight excluding hydrogens is 326 g/mol. The van der Waals surface area contributed by atoms with E-state index in [0.29, 0.717) is 17.9 Å². The van der Waals surface area contributed by atoms with Crippen LogP contribution in [-0.2, 0) is 11.2 Å². The second-order valence-electron chi connectivity index (χ2n) is 5.49. The molecule has 0 aliphatic carbocycles. The number of aryl methyl sites for hydroxylation is 1. The molecule has 0 radical (unpaired) electrons. The Morgan fingerprint density at radius 3 is 2.58 bits per heavy atom. The average Bonchev–Trinajstić information content (AvgIpc) is 2.60. The van der Waals surface area contributed by atoms with E-state index in [4.69, 9.17) is 21.1 Å². The van der Waals surface area contributed by atoms with E-state index in [0.717, 1.165) is 22.6 Å². The quantitative estimate of drug-likeness (QED) is 0.817. The summed E-state index contributed by atoms with van der Waals surface area (Å²) in [5, 5.41) is 3.68. The molecule has 0 saturated carbocycles. The summed E-state index contributed by atoms with van der Waals surface area (Å²) in [5.41, 5.74) is 1.85. The summed E-state index contributed by atoms with van der Waals surface area (Å²) in [4.78, 5) is 12.2. The number of methoxy groups -OCH3 is 2. The minimum atomic E-state index is -0.186. The fraction of sp³-hybridized carbons (Fsp3) is 0.316. The van der Waals surface area contributed by atoms with Gasteiger partial charge in [0.2, 0.25) is 5.91 Å². The van der Waals surface area contributed by atoms with Gasteiger partial charge in [-0.05, 0) is 43.2 Å². The Kier molecular flexibility index (Phi) is 6.50.